The van der Waals surface area contributed by atoms with Crippen molar-refractivity contribution >= 4 is 16.6 Å². The molecular weight excluding hydrogens is 328 g/mol. The molecule has 0 radical (unpaired) electrons. The van der Waals surface area contributed by atoms with E-state index in [1.54, 1.807) is 0 Å². The highest BCUT2D eigenvalue weighted by Crippen LogP contribution is 2.57. The maximum Gasteiger partial charge on any atom is 0.144 e. The van der Waals surface area contributed by atoms with Crippen molar-refractivity contribution < 1.29 is 4.79 Å². The zero-order valence-electron chi connectivity index (χ0n) is 15.3. The van der Waals surface area contributed by atoms with Crippen molar-refractivity contribution in [1.82, 2.24) is 0 Å². The molecule has 3 aromatic rings. The molecule has 3 aliphatic carbocycles. The van der Waals surface area contributed by atoms with E-state index in [1.165, 1.54) is 33.0 Å². The number of allylic oxidation sites excluding steroid dienone is 2. The molecule has 0 amide bonds. The number of fused-ring (bicyclic) bond motifs is 6. The van der Waals surface area contributed by atoms with E-state index in [-0.39, 0.29) is 5.41 Å². The number of carbonyl (C=O) groups excluding carboxylic acids is 1. The van der Waals surface area contributed by atoms with E-state index in [1.807, 2.05) is 0 Å². The van der Waals surface area contributed by atoms with Gasteiger partial charge in [-0.15, -0.1) is 0 Å². The lowest BCUT2D eigenvalue weighted by Gasteiger charge is -2.40. The highest BCUT2D eigenvalue weighted by molar-refractivity contribution is 6.01. The summed E-state index contributed by atoms with van der Waals surface area (Å²) in [5, 5.41) is 2.57. The second-order valence-electron chi connectivity index (χ2n) is 8.49. The third kappa shape index (κ3) is 2.03. The predicted molar refractivity (Wildman–Crippen MR) is 110 cm³/mol. The van der Waals surface area contributed by atoms with Crippen molar-refractivity contribution in [3.63, 3.8) is 0 Å². The molecule has 1 nitrogen and oxygen atoms in total. The summed E-state index contributed by atoms with van der Waals surface area (Å²) in [6, 6.07) is 21.9. The van der Waals surface area contributed by atoms with Gasteiger partial charge in [0, 0.05) is 6.42 Å². The molecule has 1 fully saturated rings. The average molecular weight is 350 g/mol. The first-order valence-corrected chi connectivity index (χ1v) is 10.1. The van der Waals surface area contributed by atoms with Crippen LogP contribution in [0.25, 0.3) is 21.9 Å². The van der Waals surface area contributed by atoms with Gasteiger partial charge in [-0.25, -0.2) is 0 Å². The molecule has 132 valence electrons. The van der Waals surface area contributed by atoms with Crippen LogP contribution in [0.15, 0.2) is 72.8 Å². The van der Waals surface area contributed by atoms with E-state index < -0.39 is 0 Å². The maximum absolute atomic E-state index is 13.2. The summed E-state index contributed by atoms with van der Waals surface area (Å²) in [5.74, 6) is 1.46. The van der Waals surface area contributed by atoms with Crippen molar-refractivity contribution in [3.8, 4) is 11.1 Å². The van der Waals surface area contributed by atoms with Gasteiger partial charge in [0.05, 0.1) is 5.41 Å². The minimum absolute atomic E-state index is 0.259. The Morgan fingerprint density at radius 2 is 1.78 bits per heavy atom. The fourth-order valence-corrected chi connectivity index (χ4v) is 5.97. The third-order valence-electron chi connectivity index (χ3n) is 7.18. The van der Waals surface area contributed by atoms with Crippen molar-refractivity contribution in [2.45, 2.75) is 31.1 Å². The molecule has 1 spiro atoms. The second kappa shape index (κ2) is 5.42. The van der Waals surface area contributed by atoms with E-state index in [0.29, 0.717) is 24.0 Å². The van der Waals surface area contributed by atoms with Crippen LogP contribution in [0.5, 0.6) is 0 Å². The summed E-state index contributed by atoms with van der Waals surface area (Å²) in [7, 11) is 0. The number of benzene rings is 3. The minimum Gasteiger partial charge on any atom is -0.299 e. The highest BCUT2D eigenvalue weighted by atomic mass is 16.1. The number of ketones is 1. The van der Waals surface area contributed by atoms with Gasteiger partial charge < -0.3 is 0 Å². The Morgan fingerprint density at radius 1 is 0.889 bits per heavy atom. The minimum atomic E-state index is -0.259. The van der Waals surface area contributed by atoms with Gasteiger partial charge in [-0.2, -0.15) is 0 Å². The van der Waals surface area contributed by atoms with Crippen molar-refractivity contribution in [2.75, 3.05) is 0 Å². The van der Waals surface area contributed by atoms with Crippen LogP contribution in [-0.2, 0) is 16.6 Å². The Labute approximate surface area is 159 Å². The van der Waals surface area contributed by atoms with Crippen LogP contribution in [0, 0.1) is 11.8 Å². The van der Waals surface area contributed by atoms with Gasteiger partial charge in [0.2, 0.25) is 0 Å². The topological polar surface area (TPSA) is 17.1 Å². The van der Waals surface area contributed by atoms with E-state index in [4.69, 9.17) is 0 Å². The van der Waals surface area contributed by atoms with Crippen LogP contribution < -0.4 is 0 Å². The molecule has 1 heteroatoms. The Morgan fingerprint density at radius 3 is 2.56 bits per heavy atom. The van der Waals surface area contributed by atoms with Crippen LogP contribution in [0.4, 0.5) is 0 Å². The van der Waals surface area contributed by atoms with Crippen molar-refractivity contribution in [1.29, 1.82) is 0 Å². The molecule has 0 aliphatic heterocycles. The van der Waals surface area contributed by atoms with Crippen molar-refractivity contribution in [2.24, 2.45) is 11.8 Å². The average Bonchev–Trinajstić information content (AvgIpc) is 3.32. The summed E-state index contributed by atoms with van der Waals surface area (Å²) in [6.07, 6.45) is 8.43. The molecule has 6 rings (SSSR count). The molecule has 0 heterocycles. The Hall–Kier alpha value is -2.67. The molecular formula is C26H22O. The van der Waals surface area contributed by atoms with Gasteiger partial charge in [-0.05, 0) is 70.2 Å². The lowest BCUT2D eigenvalue weighted by molar-refractivity contribution is -0.126. The van der Waals surface area contributed by atoms with Gasteiger partial charge in [0.1, 0.15) is 5.78 Å². The van der Waals surface area contributed by atoms with E-state index in [9.17, 15) is 4.79 Å². The summed E-state index contributed by atoms with van der Waals surface area (Å²) in [6.45, 7) is 0. The van der Waals surface area contributed by atoms with Crippen LogP contribution in [0.1, 0.15) is 30.4 Å². The summed E-state index contributed by atoms with van der Waals surface area (Å²) in [4.78, 5) is 13.2. The van der Waals surface area contributed by atoms with Gasteiger partial charge in [-0.1, -0.05) is 66.7 Å². The molecule has 0 N–H and O–H groups in total. The summed E-state index contributed by atoms with van der Waals surface area (Å²) in [5.41, 5.74) is 4.97. The lowest BCUT2D eigenvalue weighted by Crippen LogP contribution is -2.43. The largest absolute Gasteiger partial charge is 0.299 e. The Kier molecular flexibility index (Phi) is 3.09. The number of hydrogen-bond acceptors (Lipinski definition) is 1. The molecule has 0 aromatic heterocycles. The number of aryl methyl sites for hydroxylation is 1. The molecule has 2 bridgehead atoms. The van der Waals surface area contributed by atoms with Gasteiger partial charge in [0.15, 0.2) is 0 Å². The fraction of sp³-hybridized carbons (Fsp3) is 0.269. The zero-order chi connectivity index (χ0) is 18.0. The maximum atomic E-state index is 13.2. The third-order valence-corrected chi connectivity index (χ3v) is 7.18. The quantitative estimate of drug-likeness (QED) is 0.503. The summed E-state index contributed by atoms with van der Waals surface area (Å²) >= 11 is 0. The number of carbonyl (C=O) groups is 1. The normalized spacial score (nSPS) is 28.2. The number of Topliss-reactive ketones (excluding diaryl/α,β-unsaturated/α-hetero) is 1. The first-order valence-electron chi connectivity index (χ1n) is 10.1. The fourth-order valence-electron chi connectivity index (χ4n) is 5.97. The Bertz CT molecular complexity index is 1110. The van der Waals surface area contributed by atoms with Gasteiger partial charge in [0.25, 0.3) is 0 Å². The van der Waals surface area contributed by atoms with Crippen LogP contribution >= 0.6 is 0 Å². The SMILES string of the molecule is O=C1CCc2cc3cccc(-c4ccccc4)c3cc2C12CC1C=CC2C1. The molecule has 3 aliphatic rings. The van der Waals surface area contributed by atoms with Crippen LogP contribution in [-0.4, -0.2) is 5.78 Å². The number of hydrogen-bond donors (Lipinski definition) is 0. The number of rotatable bonds is 1. The molecule has 3 atom stereocenters. The second-order valence-corrected chi connectivity index (χ2v) is 8.49. The predicted octanol–water partition coefficient (Wildman–Crippen LogP) is 5.86. The molecule has 1 saturated carbocycles. The van der Waals surface area contributed by atoms with Gasteiger partial charge in [-0.3, -0.25) is 4.79 Å². The van der Waals surface area contributed by atoms with Gasteiger partial charge >= 0.3 is 0 Å². The summed E-state index contributed by atoms with van der Waals surface area (Å²) < 4.78 is 0. The van der Waals surface area contributed by atoms with E-state index >= 15 is 0 Å². The first kappa shape index (κ1) is 15.4. The lowest BCUT2D eigenvalue weighted by atomic mass is 9.62. The van der Waals surface area contributed by atoms with E-state index in [0.717, 1.165) is 19.3 Å². The Balaban J connectivity index is 1.64. The van der Waals surface area contributed by atoms with Crippen LogP contribution in [0.2, 0.25) is 0 Å². The molecule has 0 saturated heterocycles. The zero-order valence-corrected chi connectivity index (χ0v) is 15.3. The standard InChI is InChI=1S/C26H22O/c27-25-12-10-20-14-19-7-4-8-22(18-5-2-1-3-6-18)23(19)15-24(20)26(25)16-17-9-11-21(26)13-17/h1-9,11,14-15,17,21H,10,12-13,16H2. The monoisotopic (exact) mass is 350 g/mol. The molecule has 3 unspecified atom stereocenters. The highest BCUT2D eigenvalue weighted by Gasteiger charge is 2.55. The smallest absolute Gasteiger partial charge is 0.144 e. The van der Waals surface area contributed by atoms with Crippen LogP contribution in [0.3, 0.4) is 0 Å². The first-order chi connectivity index (χ1) is 13.3. The molecule has 27 heavy (non-hydrogen) atoms. The van der Waals surface area contributed by atoms with E-state index in [2.05, 4.69) is 72.8 Å². The van der Waals surface area contributed by atoms with Crippen molar-refractivity contribution in [3.05, 3.63) is 83.9 Å². The molecule has 3 aromatic carbocycles.